The highest BCUT2D eigenvalue weighted by Crippen LogP contribution is 2.31. The van der Waals surface area contributed by atoms with E-state index in [2.05, 4.69) is 16.0 Å². The Hall–Kier alpha value is -4.79. The number of aryl methyl sites for hydroxylation is 1. The first-order chi connectivity index (χ1) is 21.7. The van der Waals surface area contributed by atoms with E-state index in [1.54, 1.807) is 53.6 Å². The molecule has 6 rings (SSSR count). The lowest BCUT2D eigenvalue weighted by atomic mass is 10.0. The molecule has 2 aromatic heterocycles. The maximum atomic E-state index is 14.5. The number of carbonyl (C=O) groups is 1. The van der Waals surface area contributed by atoms with Crippen molar-refractivity contribution in [2.75, 3.05) is 38.0 Å². The predicted molar refractivity (Wildman–Crippen MR) is 174 cm³/mol. The summed E-state index contributed by atoms with van der Waals surface area (Å²) in [6.07, 6.45) is 3.78. The highest BCUT2D eigenvalue weighted by Gasteiger charge is 2.32. The van der Waals surface area contributed by atoms with Gasteiger partial charge in [0, 0.05) is 44.2 Å². The number of fused-ring (bicyclic) bond motifs is 2. The fourth-order valence-electron chi connectivity index (χ4n) is 6.00. The van der Waals surface area contributed by atoms with Gasteiger partial charge in [0.25, 0.3) is 10.0 Å². The summed E-state index contributed by atoms with van der Waals surface area (Å²) in [7, 11) is 1.79. The number of nitriles is 1. The summed E-state index contributed by atoms with van der Waals surface area (Å²) in [5.41, 5.74) is 3.76. The molecule has 3 heterocycles. The number of para-hydroxylation sites is 1. The lowest BCUT2D eigenvalue weighted by Gasteiger charge is -2.36. The Balaban J connectivity index is 1.38. The van der Waals surface area contributed by atoms with Crippen LogP contribution in [0.25, 0.3) is 21.9 Å². The van der Waals surface area contributed by atoms with Crippen molar-refractivity contribution in [2.24, 2.45) is 7.05 Å². The molecule has 1 amide bonds. The zero-order valence-electron chi connectivity index (χ0n) is 25.6. The number of amides is 1. The van der Waals surface area contributed by atoms with E-state index in [9.17, 15) is 13.2 Å². The van der Waals surface area contributed by atoms with Crippen molar-refractivity contribution in [3.05, 3.63) is 95.9 Å². The van der Waals surface area contributed by atoms with Gasteiger partial charge in [-0.05, 0) is 75.0 Å². The molecule has 1 saturated heterocycles. The minimum absolute atomic E-state index is 0.0438. The van der Waals surface area contributed by atoms with Crippen LogP contribution in [-0.2, 0) is 28.3 Å². The number of hydrogen-bond donors (Lipinski definition) is 0. The van der Waals surface area contributed by atoms with E-state index in [0.29, 0.717) is 53.2 Å². The minimum Gasteiger partial charge on any atom is -0.341 e. The molecule has 0 N–H and O–H groups in total. The Kier molecular flexibility index (Phi) is 8.27. The van der Waals surface area contributed by atoms with Crippen LogP contribution >= 0.6 is 0 Å². The van der Waals surface area contributed by atoms with Gasteiger partial charge in [-0.1, -0.05) is 30.3 Å². The summed E-state index contributed by atoms with van der Waals surface area (Å²) in [6, 6.07) is 23.8. The molecule has 0 radical (unpaired) electrons. The van der Waals surface area contributed by atoms with Gasteiger partial charge < -0.3 is 14.4 Å². The summed E-state index contributed by atoms with van der Waals surface area (Å²) in [5, 5.41) is 9.82. The summed E-state index contributed by atoms with van der Waals surface area (Å²) < 4.78 is 32.1. The number of carbonyl (C=O) groups excluding carboxylic acids is 1. The highest BCUT2D eigenvalue weighted by atomic mass is 32.2. The van der Waals surface area contributed by atoms with Gasteiger partial charge in [-0.3, -0.25) is 14.1 Å². The second kappa shape index (κ2) is 12.3. The Labute approximate surface area is 263 Å². The number of sulfonamides is 1. The van der Waals surface area contributed by atoms with Gasteiger partial charge in [-0.15, -0.1) is 0 Å². The second-order valence-corrected chi connectivity index (χ2v) is 13.5. The maximum absolute atomic E-state index is 14.5. The lowest BCUT2D eigenvalue weighted by molar-refractivity contribution is -0.131. The molecular formula is C34H35N7O3S. The van der Waals surface area contributed by atoms with Gasteiger partial charge in [0.05, 0.1) is 33.9 Å². The van der Waals surface area contributed by atoms with Gasteiger partial charge in [-0.25, -0.2) is 13.4 Å². The molecule has 0 spiro atoms. The predicted octanol–water partition coefficient (Wildman–Crippen LogP) is 4.33. The lowest BCUT2D eigenvalue weighted by Crippen LogP contribution is -2.48. The fraction of sp³-hybridized carbons (Fsp3) is 0.294. The molecule has 0 saturated carbocycles. The van der Waals surface area contributed by atoms with Crippen LogP contribution in [0.2, 0.25) is 0 Å². The average molecular weight is 622 g/mol. The molecule has 0 unspecified atom stereocenters. The molecule has 3 aromatic carbocycles. The van der Waals surface area contributed by atoms with Gasteiger partial charge in [-0.2, -0.15) is 5.26 Å². The van der Waals surface area contributed by atoms with E-state index in [4.69, 9.17) is 10.2 Å². The number of nitrogens with zero attached hydrogens (tertiary/aromatic N) is 7. The number of pyridine rings is 1. The van der Waals surface area contributed by atoms with Crippen LogP contribution in [0.3, 0.4) is 0 Å². The Morgan fingerprint density at radius 2 is 1.76 bits per heavy atom. The van der Waals surface area contributed by atoms with Crippen molar-refractivity contribution in [3.8, 4) is 6.07 Å². The van der Waals surface area contributed by atoms with Crippen molar-refractivity contribution in [3.63, 3.8) is 0 Å². The Morgan fingerprint density at radius 3 is 2.47 bits per heavy atom. The number of imidazole rings is 1. The van der Waals surface area contributed by atoms with Crippen molar-refractivity contribution in [2.45, 2.75) is 30.2 Å². The molecule has 0 aliphatic carbocycles. The summed E-state index contributed by atoms with van der Waals surface area (Å²) in [6.45, 7) is 0.807. The van der Waals surface area contributed by atoms with Crippen LogP contribution in [0.1, 0.15) is 29.8 Å². The Bertz CT molecular complexity index is 2020. The number of hydrogen-bond acceptors (Lipinski definition) is 7. The maximum Gasteiger partial charge on any atom is 0.266 e. The third-order valence-corrected chi connectivity index (χ3v) is 10.5. The molecule has 1 aliphatic rings. The molecule has 45 heavy (non-hydrogen) atoms. The topological polar surface area (TPSA) is 115 Å². The number of benzene rings is 3. The van der Waals surface area contributed by atoms with Crippen LogP contribution < -0.4 is 4.31 Å². The molecule has 0 atom stereocenters. The molecular weight excluding hydrogens is 586 g/mol. The van der Waals surface area contributed by atoms with E-state index in [-0.39, 0.29) is 17.3 Å². The first-order valence-electron chi connectivity index (χ1n) is 14.9. The SMILES string of the molecule is CN(C)C1CCN(C(=O)CN(c2ccc3c(c2)nc(Cc2ccc(C#N)cc2)n3C)S(=O)(=O)c2cccc3cccnc23)CC1. The van der Waals surface area contributed by atoms with Crippen LogP contribution in [0.15, 0.2) is 83.9 Å². The highest BCUT2D eigenvalue weighted by molar-refractivity contribution is 7.93. The monoisotopic (exact) mass is 621 g/mol. The first-order valence-corrected chi connectivity index (χ1v) is 16.3. The van der Waals surface area contributed by atoms with Crippen molar-refractivity contribution in [1.29, 1.82) is 5.26 Å². The number of aromatic nitrogens is 3. The zero-order valence-corrected chi connectivity index (χ0v) is 26.4. The van der Waals surface area contributed by atoms with Crippen molar-refractivity contribution >= 4 is 43.6 Å². The van der Waals surface area contributed by atoms with Crippen molar-refractivity contribution in [1.82, 2.24) is 24.3 Å². The molecule has 0 bridgehead atoms. The van der Waals surface area contributed by atoms with Gasteiger partial charge in [0.1, 0.15) is 17.3 Å². The van der Waals surface area contributed by atoms with Crippen LogP contribution in [0, 0.1) is 11.3 Å². The van der Waals surface area contributed by atoms with E-state index in [1.807, 2.05) is 56.0 Å². The average Bonchev–Trinajstić information content (AvgIpc) is 3.37. The summed E-state index contributed by atoms with van der Waals surface area (Å²) in [4.78, 5) is 26.9. The fourth-order valence-corrected chi connectivity index (χ4v) is 7.58. The number of piperidine rings is 1. The zero-order chi connectivity index (χ0) is 31.7. The van der Waals surface area contributed by atoms with E-state index >= 15 is 0 Å². The molecule has 230 valence electrons. The van der Waals surface area contributed by atoms with E-state index < -0.39 is 10.0 Å². The largest absolute Gasteiger partial charge is 0.341 e. The Morgan fingerprint density at radius 1 is 1.02 bits per heavy atom. The third-order valence-electron chi connectivity index (χ3n) is 8.68. The van der Waals surface area contributed by atoms with E-state index in [1.165, 1.54) is 4.31 Å². The molecule has 11 heteroatoms. The first kappa shape index (κ1) is 30.2. The molecule has 10 nitrogen and oxygen atoms in total. The normalized spacial score (nSPS) is 14.2. The minimum atomic E-state index is -4.21. The van der Waals surface area contributed by atoms with Gasteiger partial charge >= 0.3 is 0 Å². The van der Waals surface area contributed by atoms with Gasteiger partial charge in [0.15, 0.2) is 0 Å². The number of likely N-dealkylation sites (tertiary alicyclic amines) is 1. The number of rotatable bonds is 8. The van der Waals surface area contributed by atoms with Crippen LogP contribution in [-0.4, -0.2) is 78.4 Å². The second-order valence-electron chi connectivity index (χ2n) is 11.7. The summed E-state index contributed by atoms with van der Waals surface area (Å²) in [5.74, 6) is 0.547. The summed E-state index contributed by atoms with van der Waals surface area (Å²) >= 11 is 0. The molecule has 1 aliphatic heterocycles. The smallest absolute Gasteiger partial charge is 0.266 e. The third kappa shape index (κ3) is 5.99. The standard InChI is InChI=1S/C34H35N7O3S/c1-38(2)27-15-18-40(19-16-27)33(42)23-41(45(43,44)31-8-4-6-26-7-5-17-36-34(26)31)28-13-14-30-29(21-28)37-32(39(30)3)20-24-9-11-25(22-35)12-10-24/h4-14,17,21,27H,15-16,18-20,23H2,1-3H3. The van der Waals surface area contributed by atoms with Crippen molar-refractivity contribution < 1.29 is 13.2 Å². The van der Waals surface area contributed by atoms with Gasteiger partial charge in [0.2, 0.25) is 5.91 Å². The van der Waals surface area contributed by atoms with Crippen LogP contribution in [0.4, 0.5) is 5.69 Å². The quantitative estimate of drug-likeness (QED) is 0.253. The molecule has 1 fully saturated rings. The van der Waals surface area contributed by atoms with E-state index in [0.717, 1.165) is 29.7 Å². The van der Waals surface area contributed by atoms with Crippen LogP contribution in [0.5, 0.6) is 0 Å². The molecule has 5 aromatic rings. The number of anilines is 1.